The van der Waals surface area contributed by atoms with Crippen molar-refractivity contribution in [2.45, 2.75) is 15.2 Å². The predicted octanol–water partition coefficient (Wildman–Crippen LogP) is 11.1. The summed E-state index contributed by atoms with van der Waals surface area (Å²) in [6, 6.07) is 53.4. The van der Waals surface area contributed by atoms with E-state index in [9.17, 15) is 0 Å². The molecule has 1 nitrogen and oxygen atoms in total. The number of fused-ring (bicyclic) bond motifs is 11. The molecule has 0 fully saturated rings. The molecule has 200 valence electrons. The van der Waals surface area contributed by atoms with Crippen molar-refractivity contribution in [1.29, 1.82) is 0 Å². The molecule has 1 spiro atoms. The molecule has 7 aromatic rings. The van der Waals surface area contributed by atoms with Crippen molar-refractivity contribution < 1.29 is 4.74 Å². The Balaban J connectivity index is 1.28. The lowest BCUT2D eigenvalue weighted by molar-refractivity contribution is 0.436. The first-order chi connectivity index (χ1) is 21.3. The maximum atomic E-state index is 6.54. The van der Waals surface area contributed by atoms with E-state index in [4.69, 9.17) is 4.74 Å². The van der Waals surface area contributed by atoms with E-state index >= 15 is 0 Å². The van der Waals surface area contributed by atoms with Crippen LogP contribution in [0.15, 0.2) is 155 Å². The Morgan fingerprint density at radius 2 is 1.05 bits per heavy atom. The molecule has 0 radical (unpaired) electrons. The maximum Gasteiger partial charge on any atom is 0.132 e. The Kier molecular flexibility index (Phi) is 4.65. The fourth-order valence-electron chi connectivity index (χ4n) is 7.85. The lowest BCUT2D eigenvalue weighted by Crippen LogP contribution is -2.32. The summed E-state index contributed by atoms with van der Waals surface area (Å²) in [6.45, 7) is 0. The summed E-state index contributed by atoms with van der Waals surface area (Å²) in [5.41, 5.74) is 12.3. The van der Waals surface area contributed by atoms with Crippen LogP contribution in [-0.4, -0.2) is 0 Å². The number of ether oxygens (including phenoxy) is 1. The van der Waals surface area contributed by atoms with Gasteiger partial charge in [-0.15, -0.1) is 0 Å². The minimum Gasteiger partial charge on any atom is -0.457 e. The molecule has 0 saturated carbocycles. The summed E-state index contributed by atoms with van der Waals surface area (Å²) in [4.78, 5) is 2.65. The van der Waals surface area contributed by atoms with E-state index in [2.05, 4.69) is 146 Å². The van der Waals surface area contributed by atoms with Crippen molar-refractivity contribution in [3.8, 4) is 44.9 Å². The summed E-state index contributed by atoms with van der Waals surface area (Å²) >= 11 is 1.88. The molecule has 0 saturated heterocycles. The van der Waals surface area contributed by atoms with Gasteiger partial charge in [-0.05, 0) is 80.2 Å². The van der Waals surface area contributed by atoms with Crippen molar-refractivity contribution in [2.75, 3.05) is 0 Å². The van der Waals surface area contributed by atoms with Gasteiger partial charge in [0.25, 0.3) is 0 Å². The molecular formula is C41H24OS. The lowest BCUT2D eigenvalue weighted by Gasteiger charge is -2.39. The predicted molar refractivity (Wildman–Crippen MR) is 176 cm³/mol. The summed E-state index contributed by atoms with van der Waals surface area (Å²) < 4.78 is 6.54. The van der Waals surface area contributed by atoms with Crippen LogP contribution in [0.3, 0.4) is 0 Å². The summed E-state index contributed by atoms with van der Waals surface area (Å²) in [5.74, 6) is 1.85. The van der Waals surface area contributed by atoms with Crippen LogP contribution in [0.25, 0.3) is 44.2 Å². The number of hydrogen-bond acceptors (Lipinski definition) is 2. The fourth-order valence-corrected chi connectivity index (χ4v) is 8.98. The Labute approximate surface area is 254 Å². The van der Waals surface area contributed by atoms with Gasteiger partial charge in [-0.3, -0.25) is 0 Å². The zero-order valence-corrected chi connectivity index (χ0v) is 24.0. The minimum absolute atomic E-state index is 0.464. The van der Waals surface area contributed by atoms with Gasteiger partial charge in [0, 0.05) is 26.3 Å². The number of rotatable bonds is 1. The third-order valence-corrected chi connectivity index (χ3v) is 10.7. The van der Waals surface area contributed by atoms with E-state index < -0.39 is 5.41 Å². The van der Waals surface area contributed by atoms with Gasteiger partial charge in [-0.25, -0.2) is 0 Å². The zero-order valence-electron chi connectivity index (χ0n) is 23.2. The van der Waals surface area contributed by atoms with Gasteiger partial charge in [-0.2, -0.15) is 0 Å². The third kappa shape index (κ3) is 2.99. The van der Waals surface area contributed by atoms with Crippen molar-refractivity contribution in [1.82, 2.24) is 0 Å². The summed E-state index contributed by atoms with van der Waals surface area (Å²) in [7, 11) is 0. The number of hydrogen-bond donors (Lipinski definition) is 0. The molecule has 2 heteroatoms. The van der Waals surface area contributed by atoms with Crippen molar-refractivity contribution in [3.05, 3.63) is 168 Å². The van der Waals surface area contributed by atoms with Crippen LogP contribution < -0.4 is 4.74 Å². The van der Waals surface area contributed by atoms with Crippen LogP contribution in [0.5, 0.6) is 11.5 Å². The van der Waals surface area contributed by atoms with E-state index in [1.165, 1.54) is 76.2 Å². The Morgan fingerprint density at radius 3 is 1.86 bits per heavy atom. The second-order valence-corrected chi connectivity index (χ2v) is 12.7. The molecule has 2 heterocycles. The van der Waals surface area contributed by atoms with Crippen molar-refractivity contribution in [3.63, 3.8) is 0 Å². The van der Waals surface area contributed by atoms with Crippen LogP contribution in [0.4, 0.5) is 0 Å². The van der Waals surface area contributed by atoms with E-state index in [-0.39, 0.29) is 0 Å². The molecule has 0 atom stereocenters. The summed E-state index contributed by atoms with van der Waals surface area (Å²) in [5, 5.41) is 2.65. The molecule has 0 unspecified atom stereocenters. The number of benzene rings is 7. The molecule has 43 heavy (non-hydrogen) atoms. The standard InChI is InChI=1S/C41H24OS/c1-3-14-32-27(10-1)28-21-20-25(24-35(28)41(32)33-15-4-6-17-36(33)42-37-18-7-5-16-34(37)41)26-22-23-39-40-30(26)12-9-13-31(40)29-11-2-8-19-38(29)43-39/h1-24H. The first-order valence-electron chi connectivity index (χ1n) is 14.8. The highest BCUT2D eigenvalue weighted by molar-refractivity contribution is 7.99. The molecule has 1 aliphatic carbocycles. The molecule has 0 bridgehead atoms. The average molecular weight is 565 g/mol. The average Bonchev–Trinajstić information content (AvgIpc) is 3.35. The molecule has 0 N–H and O–H groups in total. The van der Waals surface area contributed by atoms with Gasteiger partial charge in [0.1, 0.15) is 11.5 Å². The van der Waals surface area contributed by atoms with E-state index in [0.717, 1.165) is 11.5 Å². The van der Waals surface area contributed by atoms with Crippen molar-refractivity contribution in [2.24, 2.45) is 0 Å². The molecule has 0 amide bonds. The first-order valence-corrected chi connectivity index (χ1v) is 15.6. The monoisotopic (exact) mass is 564 g/mol. The molecular weight excluding hydrogens is 541 g/mol. The minimum atomic E-state index is -0.464. The van der Waals surface area contributed by atoms with Crippen molar-refractivity contribution >= 4 is 22.5 Å². The van der Waals surface area contributed by atoms with Crippen LogP contribution in [0.2, 0.25) is 0 Å². The largest absolute Gasteiger partial charge is 0.457 e. The van der Waals surface area contributed by atoms with Crippen LogP contribution in [-0.2, 0) is 5.41 Å². The maximum absolute atomic E-state index is 6.54. The second-order valence-electron chi connectivity index (χ2n) is 11.6. The van der Waals surface area contributed by atoms with E-state index in [0.29, 0.717) is 0 Å². The van der Waals surface area contributed by atoms with E-state index in [1.807, 2.05) is 11.8 Å². The van der Waals surface area contributed by atoms with Gasteiger partial charge in [-0.1, -0.05) is 127 Å². The quantitative estimate of drug-likeness (QED) is 0.196. The molecule has 2 aliphatic heterocycles. The molecule has 7 aromatic carbocycles. The normalized spacial score (nSPS) is 14.3. The summed E-state index contributed by atoms with van der Waals surface area (Å²) in [6.07, 6.45) is 0. The Hall–Kier alpha value is -5.05. The Bertz CT molecular complexity index is 2270. The highest BCUT2D eigenvalue weighted by atomic mass is 32.2. The highest BCUT2D eigenvalue weighted by Gasteiger charge is 2.51. The van der Waals surface area contributed by atoms with Gasteiger partial charge in [0.05, 0.1) is 5.41 Å². The third-order valence-electron chi connectivity index (χ3n) is 9.56. The zero-order chi connectivity index (χ0) is 28.1. The first kappa shape index (κ1) is 23.5. The van der Waals surface area contributed by atoms with Crippen LogP contribution >= 0.6 is 11.8 Å². The van der Waals surface area contributed by atoms with Gasteiger partial charge >= 0.3 is 0 Å². The van der Waals surface area contributed by atoms with Gasteiger partial charge < -0.3 is 4.74 Å². The van der Waals surface area contributed by atoms with E-state index in [1.54, 1.807) is 0 Å². The molecule has 0 aromatic heterocycles. The number of para-hydroxylation sites is 2. The van der Waals surface area contributed by atoms with Crippen LogP contribution in [0, 0.1) is 0 Å². The highest BCUT2D eigenvalue weighted by Crippen LogP contribution is 2.62. The van der Waals surface area contributed by atoms with Crippen LogP contribution in [0.1, 0.15) is 22.3 Å². The lowest BCUT2D eigenvalue weighted by atomic mass is 9.66. The van der Waals surface area contributed by atoms with Gasteiger partial charge in [0.2, 0.25) is 0 Å². The fraction of sp³-hybridized carbons (Fsp3) is 0.0244. The second kappa shape index (κ2) is 8.50. The van der Waals surface area contributed by atoms with Gasteiger partial charge in [0.15, 0.2) is 0 Å². The topological polar surface area (TPSA) is 9.23 Å². The SMILES string of the molecule is c1ccc2c(c1)Oc1ccccc1C21c2ccccc2-c2ccc(-c3ccc4c5c(cccc35)-c3ccccc3S4)cc21. The molecule has 3 aliphatic rings. The smallest absolute Gasteiger partial charge is 0.132 e. The Morgan fingerprint density at radius 1 is 0.419 bits per heavy atom. The molecule has 10 rings (SSSR count).